The van der Waals surface area contributed by atoms with Crippen LogP contribution in [0.5, 0.6) is 0 Å². The van der Waals surface area contributed by atoms with Crippen molar-refractivity contribution in [1.82, 2.24) is 5.32 Å². The third-order valence-electron chi connectivity index (χ3n) is 3.69. The SMILES string of the molecule is COCCC1(CNCC2CCC=CO2)CC1. The molecule has 2 aliphatic rings. The standard InChI is InChI=1S/C13H23NO2/c1-15-9-7-13(5-6-13)11-14-10-12-4-2-3-8-16-12/h3,8,12,14H,2,4-7,9-11H2,1H3. The van der Waals surface area contributed by atoms with E-state index in [0.717, 1.165) is 32.5 Å². The quantitative estimate of drug-likeness (QED) is 0.719. The summed E-state index contributed by atoms with van der Waals surface area (Å²) in [6.07, 6.45) is 10.5. The Morgan fingerprint density at radius 2 is 2.38 bits per heavy atom. The summed E-state index contributed by atoms with van der Waals surface area (Å²) < 4.78 is 10.7. The molecule has 1 N–H and O–H groups in total. The van der Waals surface area contributed by atoms with Crippen molar-refractivity contribution in [2.75, 3.05) is 26.8 Å². The second-order valence-electron chi connectivity index (χ2n) is 5.08. The minimum atomic E-state index is 0.378. The van der Waals surface area contributed by atoms with E-state index in [1.165, 1.54) is 19.3 Å². The van der Waals surface area contributed by atoms with Gasteiger partial charge in [0, 0.05) is 26.8 Å². The molecule has 0 aromatic heterocycles. The smallest absolute Gasteiger partial charge is 0.110 e. The maximum atomic E-state index is 5.53. The first-order valence-electron chi connectivity index (χ1n) is 6.35. The number of rotatable bonds is 7. The minimum absolute atomic E-state index is 0.378. The molecule has 3 heteroatoms. The molecule has 1 fully saturated rings. The van der Waals surface area contributed by atoms with Crippen LogP contribution in [0.2, 0.25) is 0 Å². The van der Waals surface area contributed by atoms with E-state index in [2.05, 4.69) is 11.4 Å². The fraction of sp³-hybridized carbons (Fsp3) is 0.846. The molecule has 1 saturated carbocycles. The number of allylic oxidation sites excluding steroid dienone is 1. The molecule has 1 aliphatic carbocycles. The highest BCUT2D eigenvalue weighted by Crippen LogP contribution is 2.48. The van der Waals surface area contributed by atoms with Crippen molar-refractivity contribution in [3.05, 3.63) is 12.3 Å². The van der Waals surface area contributed by atoms with E-state index in [0.29, 0.717) is 11.5 Å². The highest BCUT2D eigenvalue weighted by Gasteiger charge is 2.41. The fourth-order valence-corrected chi connectivity index (χ4v) is 2.24. The van der Waals surface area contributed by atoms with Gasteiger partial charge in [-0.2, -0.15) is 0 Å². The van der Waals surface area contributed by atoms with Crippen molar-refractivity contribution in [2.24, 2.45) is 5.41 Å². The van der Waals surface area contributed by atoms with E-state index < -0.39 is 0 Å². The van der Waals surface area contributed by atoms with Crippen molar-refractivity contribution < 1.29 is 9.47 Å². The van der Waals surface area contributed by atoms with Crippen LogP contribution in [0.25, 0.3) is 0 Å². The Morgan fingerprint density at radius 3 is 3.00 bits per heavy atom. The first-order chi connectivity index (χ1) is 7.85. The third kappa shape index (κ3) is 3.49. The van der Waals surface area contributed by atoms with Gasteiger partial charge in [-0.3, -0.25) is 0 Å². The van der Waals surface area contributed by atoms with Crippen LogP contribution in [-0.2, 0) is 9.47 Å². The number of hydrogen-bond donors (Lipinski definition) is 1. The molecular weight excluding hydrogens is 202 g/mol. The van der Waals surface area contributed by atoms with Crippen molar-refractivity contribution in [3.63, 3.8) is 0 Å². The van der Waals surface area contributed by atoms with Crippen LogP contribution in [0.3, 0.4) is 0 Å². The zero-order valence-corrected chi connectivity index (χ0v) is 10.2. The maximum Gasteiger partial charge on any atom is 0.110 e. The molecule has 1 aliphatic heterocycles. The summed E-state index contributed by atoms with van der Waals surface area (Å²) in [6.45, 7) is 3.00. The van der Waals surface area contributed by atoms with Crippen molar-refractivity contribution in [1.29, 1.82) is 0 Å². The second-order valence-corrected chi connectivity index (χ2v) is 5.08. The topological polar surface area (TPSA) is 30.5 Å². The molecule has 16 heavy (non-hydrogen) atoms. The van der Waals surface area contributed by atoms with E-state index in [1.54, 1.807) is 7.11 Å². The van der Waals surface area contributed by atoms with Gasteiger partial charge in [0.1, 0.15) is 6.10 Å². The van der Waals surface area contributed by atoms with Gasteiger partial charge in [-0.25, -0.2) is 0 Å². The molecule has 0 bridgehead atoms. The van der Waals surface area contributed by atoms with Gasteiger partial charge >= 0.3 is 0 Å². The van der Waals surface area contributed by atoms with E-state index in [-0.39, 0.29) is 0 Å². The second kappa shape index (κ2) is 5.69. The van der Waals surface area contributed by atoms with E-state index in [9.17, 15) is 0 Å². The van der Waals surface area contributed by atoms with Gasteiger partial charge in [0.2, 0.25) is 0 Å². The molecule has 0 saturated heterocycles. The lowest BCUT2D eigenvalue weighted by molar-refractivity contribution is 0.119. The Morgan fingerprint density at radius 1 is 1.50 bits per heavy atom. The van der Waals surface area contributed by atoms with Gasteiger partial charge in [0.15, 0.2) is 0 Å². The van der Waals surface area contributed by atoms with Crippen molar-refractivity contribution >= 4 is 0 Å². The monoisotopic (exact) mass is 225 g/mol. The number of methoxy groups -OCH3 is 1. The number of nitrogens with one attached hydrogen (secondary N) is 1. The highest BCUT2D eigenvalue weighted by molar-refractivity contribution is 4.95. The molecule has 0 radical (unpaired) electrons. The normalized spacial score (nSPS) is 26.4. The summed E-state index contributed by atoms with van der Waals surface area (Å²) in [5.41, 5.74) is 0.542. The third-order valence-corrected chi connectivity index (χ3v) is 3.69. The molecule has 0 spiro atoms. The zero-order valence-electron chi connectivity index (χ0n) is 10.2. The Balaban J connectivity index is 1.58. The lowest BCUT2D eigenvalue weighted by Gasteiger charge is -2.22. The Labute approximate surface area is 98.2 Å². The summed E-state index contributed by atoms with van der Waals surface area (Å²) in [5.74, 6) is 0. The Hall–Kier alpha value is -0.540. The maximum absolute atomic E-state index is 5.53. The highest BCUT2D eigenvalue weighted by atomic mass is 16.5. The molecule has 92 valence electrons. The molecule has 0 aromatic carbocycles. The summed E-state index contributed by atoms with van der Waals surface area (Å²) in [6, 6.07) is 0. The van der Waals surface area contributed by atoms with Gasteiger partial charge in [-0.1, -0.05) is 0 Å². The Kier molecular flexibility index (Phi) is 4.24. The molecule has 1 heterocycles. The van der Waals surface area contributed by atoms with Gasteiger partial charge in [0.25, 0.3) is 0 Å². The predicted octanol–water partition coefficient (Wildman–Crippen LogP) is 2.09. The lowest BCUT2D eigenvalue weighted by Crippen LogP contribution is -2.33. The van der Waals surface area contributed by atoms with Crippen LogP contribution in [0.1, 0.15) is 32.1 Å². The minimum Gasteiger partial charge on any atom is -0.497 e. The zero-order chi connectivity index (χ0) is 11.3. The molecular formula is C13H23NO2. The average molecular weight is 225 g/mol. The molecule has 1 atom stereocenters. The fourth-order valence-electron chi connectivity index (χ4n) is 2.24. The first-order valence-corrected chi connectivity index (χ1v) is 6.35. The lowest BCUT2D eigenvalue weighted by atomic mass is 10.0. The van der Waals surface area contributed by atoms with Crippen LogP contribution in [0.4, 0.5) is 0 Å². The number of ether oxygens (including phenoxy) is 2. The van der Waals surface area contributed by atoms with Crippen LogP contribution in [0.15, 0.2) is 12.3 Å². The molecule has 0 amide bonds. The average Bonchev–Trinajstić information content (AvgIpc) is 3.09. The van der Waals surface area contributed by atoms with E-state index in [4.69, 9.17) is 9.47 Å². The summed E-state index contributed by atoms with van der Waals surface area (Å²) in [4.78, 5) is 0. The largest absolute Gasteiger partial charge is 0.497 e. The van der Waals surface area contributed by atoms with Crippen LogP contribution < -0.4 is 5.32 Å². The van der Waals surface area contributed by atoms with Gasteiger partial charge in [-0.05, 0) is 43.6 Å². The summed E-state index contributed by atoms with van der Waals surface area (Å²) >= 11 is 0. The molecule has 1 unspecified atom stereocenters. The van der Waals surface area contributed by atoms with Gasteiger partial charge in [0.05, 0.1) is 6.26 Å². The Bertz CT molecular complexity index is 236. The molecule has 3 nitrogen and oxygen atoms in total. The summed E-state index contributed by atoms with van der Waals surface area (Å²) in [5, 5.41) is 3.55. The van der Waals surface area contributed by atoms with Crippen LogP contribution in [-0.4, -0.2) is 32.9 Å². The van der Waals surface area contributed by atoms with E-state index in [1.807, 2.05) is 6.26 Å². The first kappa shape index (κ1) is 11.9. The molecule has 0 aromatic rings. The molecule has 2 rings (SSSR count). The van der Waals surface area contributed by atoms with E-state index >= 15 is 0 Å². The summed E-state index contributed by atoms with van der Waals surface area (Å²) in [7, 11) is 1.78. The van der Waals surface area contributed by atoms with Crippen molar-refractivity contribution in [2.45, 2.75) is 38.2 Å². The number of hydrogen-bond acceptors (Lipinski definition) is 3. The van der Waals surface area contributed by atoms with Gasteiger partial charge < -0.3 is 14.8 Å². The van der Waals surface area contributed by atoms with Crippen LogP contribution >= 0.6 is 0 Å². The van der Waals surface area contributed by atoms with Crippen molar-refractivity contribution in [3.8, 4) is 0 Å². The van der Waals surface area contributed by atoms with Crippen LogP contribution in [0, 0.1) is 5.41 Å². The van der Waals surface area contributed by atoms with Gasteiger partial charge in [-0.15, -0.1) is 0 Å². The predicted molar refractivity (Wildman–Crippen MR) is 64.3 cm³/mol.